The topological polar surface area (TPSA) is 98.7 Å². The van der Waals surface area contributed by atoms with Gasteiger partial charge in [0.2, 0.25) is 0 Å². The molecule has 2 aromatic heterocycles. The zero-order valence-electron chi connectivity index (χ0n) is 13.5. The van der Waals surface area contributed by atoms with E-state index in [2.05, 4.69) is 26.7 Å². The highest BCUT2D eigenvalue weighted by Gasteiger charge is 2.18. The molecule has 3 N–H and O–H groups in total. The van der Waals surface area contributed by atoms with Gasteiger partial charge in [0.15, 0.2) is 11.5 Å². The molecule has 0 aliphatic heterocycles. The van der Waals surface area contributed by atoms with Crippen LogP contribution in [0.5, 0.6) is 0 Å². The molecule has 3 aromatic rings. The lowest BCUT2D eigenvalue weighted by molar-refractivity contribution is 0.0946. The van der Waals surface area contributed by atoms with E-state index in [1.54, 1.807) is 6.20 Å². The normalized spacial score (nSPS) is 10.6. The second-order valence-electron chi connectivity index (χ2n) is 5.58. The van der Waals surface area contributed by atoms with Gasteiger partial charge in [-0.05, 0) is 49.2 Å². The van der Waals surface area contributed by atoms with E-state index in [1.165, 1.54) is 4.68 Å². The van der Waals surface area contributed by atoms with Crippen molar-refractivity contribution in [2.75, 3.05) is 5.73 Å². The fourth-order valence-electron chi connectivity index (χ4n) is 2.47. The van der Waals surface area contributed by atoms with E-state index in [0.29, 0.717) is 6.54 Å². The molecule has 2 heterocycles. The van der Waals surface area contributed by atoms with Gasteiger partial charge in [0, 0.05) is 6.20 Å². The highest BCUT2D eigenvalue weighted by Crippen LogP contribution is 2.18. The smallest absolute Gasteiger partial charge is 0.276 e. The van der Waals surface area contributed by atoms with Gasteiger partial charge in [0.1, 0.15) is 0 Å². The van der Waals surface area contributed by atoms with Crippen LogP contribution < -0.4 is 11.1 Å². The quantitative estimate of drug-likeness (QED) is 0.763. The van der Waals surface area contributed by atoms with E-state index >= 15 is 0 Å². The van der Waals surface area contributed by atoms with Gasteiger partial charge in [0.05, 0.1) is 17.9 Å². The van der Waals surface area contributed by atoms with Crippen molar-refractivity contribution in [3.63, 3.8) is 0 Å². The van der Waals surface area contributed by atoms with Crippen LogP contribution in [0.25, 0.3) is 5.69 Å². The maximum atomic E-state index is 12.3. The number of hydrogen-bond acceptors (Lipinski definition) is 5. The number of carbonyl (C=O) groups is 1. The highest BCUT2D eigenvalue weighted by molar-refractivity contribution is 5.96. The number of benzene rings is 1. The summed E-state index contributed by atoms with van der Waals surface area (Å²) in [7, 11) is 0. The highest BCUT2D eigenvalue weighted by atomic mass is 16.2. The van der Waals surface area contributed by atoms with Gasteiger partial charge in [-0.1, -0.05) is 17.3 Å². The van der Waals surface area contributed by atoms with Crippen molar-refractivity contribution in [3.05, 3.63) is 65.1 Å². The Morgan fingerprint density at radius 2 is 1.96 bits per heavy atom. The van der Waals surface area contributed by atoms with Crippen LogP contribution in [0, 0.1) is 13.8 Å². The summed E-state index contributed by atoms with van der Waals surface area (Å²) in [6.45, 7) is 4.28. The number of anilines is 1. The standard InChI is InChI=1S/C17H18N6O/c1-11-7-12(2)9-14(8-11)23-16(18)15(21-22-23)17(24)20-10-13-5-3-4-6-19-13/h3-9H,10,18H2,1-2H3,(H,20,24). The molecule has 7 nitrogen and oxygen atoms in total. The molecular weight excluding hydrogens is 304 g/mol. The lowest BCUT2D eigenvalue weighted by Crippen LogP contribution is -2.24. The third-order valence-electron chi connectivity index (χ3n) is 3.53. The van der Waals surface area contributed by atoms with E-state index in [-0.39, 0.29) is 17.4 Å². The fourth-order valence-corrected chi connectivity index (χ4v) is 2.47. The van der Waals surface area contributed by atoms with Crippen LogP contribution in [0.1, 0.15) is 27.3 Å². The Labute approximate surface area is 139 Å². The van der Waals surface area contributed by atoms with Crippen molar-refractivity contribution in [3.8, 4) is 5.69 Å². The maximum Gasteiger partial charge on any atom is 0.276 e. The van der Waals surface area contributed by atoms with Crippen LogP contribution in [0.3, 0.4) is 0 Å². The minimum atomic E-state index is -0.381. The molecule has 0 unspecified atom stereocenters. The molecule has 0 bridgehead atoms. The second-order valence-corrected chi connectivity index (χ2v) is 5.58. The van der Waals surface area contributed by atoms with Crippen LogP contribution >= 0.6 is 0 Å². The van der Waals surface area contributed by atoms with Crippen molar-refractivity contribution >= 4 is 11.7 Å². The van der Waals surface area contributed by atoms with Crippen molar-refractivity contribution in [1.29, 1.82) is 0 Å². The van der Waals surface area contributed by atoms with E-state index in [4.69, 9.17) is 5.73 Å². The first-order chi connectivity index (χ1) is 11.5. The Morgan fingerprint density at radius 3 is 2.62 bits per heavy atom. The van der Waals surface area contributed by atoms with Crippen molar-refractivity contribution in [2.45, 2.75) is 20.4 Å². The molecule has 0 saturated heterocycles. The number of carbonyl (C=O) groups excluding carboxylic acids is 1. The monoisotopic (exact) mass is 322 g/mol. The molecule has 1 amide bonds. The van der Waals surface area contributed by atoms with E-state index < -0.39 is 0 Å². The largest absolute Gasteiger partial charge is 0.382 e. The van der Waals surface area contributed by atoms with E-state index in [0.717, 1.165) is 22.5 Å². The molecule has 1 aromatic carbocycles. The van der Waals surface area contributed by atoms with Gasteiger partial charge in [-0.3, -0.25) is 9.78 Å². The van der Waals surface area contributed by atoms with E-state index in [9.17, 15) is 4.79 Å². The number of nitrogen functional groups attached to an aromatic ring is 1. The van der Waals surface area contributed by atoms with Crippen LogP contribution in [-0.4, -0.2) is 25.9 Å². The van der Waals surface area contributed by atoms with Crippen LogP contribution in [0.15, 0.2) is 42.6 Å². The van der Waals surface area contributed by atoms with Crippen LogP contribution in [0.4, 0.5) is 5.82 Å². The Bertz CT molecular complexity index is 852. The van der Waals surface area contributed by atoms with Gasteiger partial charge >= 0.3 is 0 Å². The summed E-state index contributed by atoms with van der Waals surface area (Å²) in [4.78, 5) is 16.4. The number of rotatable bonds is 4. The average Bonchev–Trinajstić information content (AvgIpc) is 2.94. The number of aryl methyl sites for hydroxylation is 2. The van der Waals surface area contributed by atoms with Crippen LogP contribution in [-0.2, 0) is 6.54 Å². The van der Waals surface area contributed by atoms with Gasteiger partial charge in [-0.2, -0.15) is 4.68 Å². The van der Waals surface area contributed by atoms with Crippen LogP contribution in [0.2, 0.25) is 0 Å². The summed E-state index contributed by atoms with van der Waals surface area (Å²) < 4.78 is 1.47. The number of hydrogen-bond donors (Lipinski definition) is 2. The number of nitrogens with zero attached hydrogens (tertiary/aromatic N) is 4. The molecule has 0 saturated carbocycles. The first kappa shape index (κ1) is 15.7. The third-order valence-corrected chi connectivity index (χ3v) is 3.53. The minimum Gasteiger partial charge on any atom is -0.382 e. The summed E-state index contributed by atoms with van der Waals surface area (Å²) in [5, 5.41) is 10.7. The summed E-state index contributed by atoms with van der Waals surface area (Å²) >= 11 is 0. The third kappa shape index (κ3) is 3.24. The van der Waals surface area contributed by atoms with Crippen molar-refractivity contribution in [1.82, 2.24) is 25.3 Å². The summed E-state index contributed by atoms with van der Waals surface area (Å²) in [6.07, 6.45) is 1.67. The number of nitrogens with one attached hydrogen (secondary N) is 1. The van der Waals surface area contributed by atoms with Crippen molar-refractivity contribution < 1.29 is 4.79 Å². The van der Waals surface area contributed by atoms with E-state index in [1.807, 2.05) is 44.2 Å². The number of aromatic nitrogens is 4. The lowest BCUT2D eigenvalue weighted by Gasteiger charge is -2.06. The van der Waals surface area contributed by atoms with Gasteiger partial charge in [-0.25, -0.2) is 0 Å². The molecular formula is C17H18N6O. The molecule has 0 aliphatic rings. The zero-order valence-corrected chi connectivity index (χ0v) is 13.5. The fraction of sp³-hybridized carbons (Fsp3) is 0.176. The molecule has 0 radical (unpaired) electrons. The van der Waals surface area contributed by atoms with Crippen molar-refractivity contribution in [2.24, 2.45) is 0 Å². The average molecular weight is 322 g/mol. The molecule has 3 rings (SSSR count). The van der Waals surface area contributed by atoms with Gasteiger partial charge < -0.3 is 11.1 Å². The number of pyridine rings is 1. The molecule has 122 valence electrons. The molecule has 0 fully saturated rings. The lowest BCUT2D eigenvalue weighted by atomic mass is 10.1. The first-order valence-electron chi connectivity index (χ1n) is 7.52. The summed E-state index contributed by atoms with van der Waals surface area (Å²) in [6, 6.07) is 11.4. The van der Waals surface area contributed by atoms with Gasteiger partial charge in [-0.15, -0.1) is 5.10 Å². The Morgan fingerprint density at radius 1 is 1.21 bits per heavy atom. The maximum absolute atomic E-state index is 12.3. The molecule has 7 heteroatoms. The Kier molecular flexibility index (Phi) is 4.24. The minimum absolute atomic E-state index is 0.102. The molecule has 0 spiro atoms. The Hall–Kier alpha value is -3.22. The number of amides is 1. The predicted octanol–water partition coefficient (Wildman–Crippen LogP) is 1.79. The summed E-state index contributed by atoms with van der Waals surface area (Å²) in [5.41, 5.74) is 9.87. The molecule has 24 heavy (non-hydrogen) atoms. The first-order valence-corrected chi connectivity index (χ1v) is 7.52. The second kappa shape index (κ2) is 6.49. The van der Waals surface area contributed by atoms with Gasteiger partial charge in [0.25, 0.3) is 5.91 Å². The SMILES string of the molecule is Cc1cc(C)cc(-n2nnc(C(=O)NCc3ccccn3)c2N)c1. The molecule has 0 aliphatic carbocycles. The Balaban J connectivity index is 1.80. The summed E-state index contributed by atoms with van der Waals surface area (Å²) in [5.74, 6) is -0.174. The number of nitrogens with two attached hydrogens (primary N) is 1. The zero-order chi connectivity index (χ0) is 17.1. The predicted molar refractivity (Wildman–Crippen MR) is 90.7 cm³/mol. The molecule has 0 atom stereocenters.